The van der Waals surface area contributed by atoms with Gasteiger partial charge in [-0.1, -0.05) is 53.3 Å². The van der Waals surface area contributed by atoms with Crippen LogP contribution in [0.3, 0.4) is 0 Å². The van der Waals surface area contributed by atoms with Gasteiger partial charge in [-0.25, -0.2) is 19.4 Å². The molecule has 2 aromatic heterocycles. The predicted molar refractivity (Wildman–Crippen MR) is 217 cm³/mol. The molecule has 0 aliphatic carbocycles. The van der Waals surface area contributed by atoms with Crippen molar-refractivity contribution in [3.63, 3.8) is 0 Å². The highest BCUT2D eigenvalue weighted by atomic mass is 28.3. The third kappa shape index (κ3) is 9.44. The average molecular weight is 791 g/mol. The van der Waals surface area contributed by atoms with E-state index in [1.807, 2.05) is 6.07 Å². The molecule has 2 unspecified atom stereocenters. The first kappa shape index (κ1) is 42.4. The molecule has 0 fully saturated rings. The van der Waals surface area contributed by atoms with Crippen LogP contribution in [0.4, 0.5) is 15.3 Å². The molecule has 4 heterocycles. The van der Waals surface area contributed by atoms with Crippen molar-refractivity contribution in [2.75, 3.05) is 11.9 Å². The number of fused-ring (bicyclic) bond motifs is 5. The molecule has 2 aliphatic rings. The van der Waals surface area contributed by atoms with Crippen LogP contribution < -0.4 is 16.2 Å². The summed E-state index contributed by atoms with van der Waals surface area (Å²) in [6.07, 6.45) is -0.125. The maximum absolute atomic E-state index is 14.9. The number of carbonyl (C=O) groups is 4. The first-order chi connectivity index (χ1) is 25.8. The summed E-state index contributed by atoms with van der Waals surface area (Å²) < 4.78 is 24.8. The zero-order valence-corrected chi connectivity index (χ0v) is 36.0. The summed E-state index contributed by atoms with van der Waals surface area (Å²) in [6.45, 7) is 23.5. The van der Waals surface area contributed by atoms with Crippen LogP contribution >= 0.6 is 0 Å². The molecule has 13 nitrogen and oxygen atoms in total. The van der Waals surface area contributed by atoms with E-state index < -0.39 is 54.7 Å². The minimum Gasteiger partial charge on any atom is -0.458 e. The molecule has 0 saturated heterocycles. The van der Waals surface area contributed by atoms with Crippen LogP contribution in [-0.4, -0.2) is 59.5 Å². The lowest BCUT2D eigenvalue weighted by molar-refractivity contribution is -0.190. The van der Waals surface area contributed by atoms with Gasteiger partial charge in [0.05, 0.1) is 29.0 Å². The van der Waals surface area contributed by atoms with Gasteiger partial charge in [0.2, 0.25) is 5.60 Å². The first-order valence-corrected chi connectivity index (χ1v) is 22.7. The summed E-state index contributed by atoms with van der Waals surface area (Å²) in [5.41, 5.74) is -0.515. The minimum absolute atomic E-state index is 0.0252. The van der Waals surface area contributed by atoms with Crippen LogP contribution in [-0.2, 0) is 40.7 Å². The van der Waals surface area contributed by atoms with Crippen molar-refractivity contribution in [2.45, 2.75) is 143 Å². The van der Waals surface area contributed by atoms with Crippen molar-refractivity contribution in [2.24, 2.45) is 5.41 Å². The number of hydrogen-bond acceptors (Lipinski definition) is 10. The number of esters is 2. The zero-order chi connectivity index (χ0) is 41.6. The van der Waals surface area contributed by atoms with Crippen LogP contribution in [0.5, 0.6) is 0 Å². The van der Waals surface area contributed by atoms with Crippen LogP contribution in [0.25, 0.3) is 22.3 Å². The molecule has 1 aromatic carbocycles. The number of aromatic nitrogens is 2. The number of ether oxygens (including phenoxy) is 4. The topological polar surface area (TPSA) is 164 Å². The number of hydrogen-bond donors (Lipinski definition) is 2. The molecule has 2 amide bonds. The average Bonchev–Trinajstić information content (AvgIpc) is 3.41. The number of cyclic esters (lactones) is 1. The van der Waals surface area contributed by atoms with E-state index >= 15 is 0 Å². The van der Waals surface area contributed by atoms with Crippen LogP contribution in [0.2, 0.25) is 19.1 Å². The minimum atomic E-state index is -2.50. The molecule has 304 valence electrons. The number of carbonyl (C=O) groups excluding carboxylic acids is 4. The molecule has 2 aliphatic heterocycles. The highest BCUT2D eigenvalue weighted by Gasteiger charge is 2.56. The Morgan fingerprint density at radius 1 is 0.964 bits per heavy atom. The van der Waals surface area contributed by atoms with Crippen LogP contribution in [0.1, 0.15) is 117 Å². The monoisotopic (exact) mass is 790 g/mol. The molecule has 0 radical (unpaired) electrons. The molecule has 3 aromatic rings. The fourth-order valence-corrected chi connectivity index (χ4v) is 10.2. The Hall–Kier alpha value is -4.72. The molecular weight excluding hydrogens is 733 g/mol. The summed E-state index contributed by atoms with van der Waals surface area (Å²) >= 11 is 0. The van der Waals surface area contributed by atoms with Gasteiger partial charge in [-0.05, 0) is 90.1 Å². The lowest BCUT2D eigenvalue weighted by Gasteiger charge is -2.43. The smallest absolute Gasteiger partial charge is 0.412 e. The van der Waals surface area contributed by atoms with Crippen LogP contribution in [0.15, 0.2) is 35.1 Å². The molecule has 0 bridgehead atoms. The summed E-state index contributed by atoms with van der Waals surface area (Å²) in [7, 11) is -2.50. The van der Waals surface area contributed by atoms with Gasteiger partial charge >= 0.3 is 24.1 Å². The summed E-state index contributed by atoms with van der Waals surface area (Å²) in [5.74, 6) is -1.36. The van der Waals surface area contributed by atoms with Gasteiger partial charge in [0, 0.05) is 35.2 Å². The van der Waals surface area contributed by atoms with Crippen molar-refractivity contribution >= 4 is 48.8 Å². The van der Waals surface area contributed by atoms with E-state index in [2.05, 4.69) is 44.5 Å². The number of amides is 2. The molecular formula is C42H58N4O9Si. The van der Waals surface area contributed by atoms with Crippen LogP contribution in [0, 0.1) is 5.41 Å². The molecule has 5 rings (SSSR count). The van der Waals surface area contributed by atoms with Crippen molar-refractivity contribution < 1.29 is 38.1 Å². The third-order valence-electron chi connectivity index (χ3n) is 9.94. The summed E-state index contributed by atoms with van der Waals surface area (Å²) in [5, 5.41) is 6.17. The molecule has 0 saturated carbocycles. The number of rotatable bonds is 10. The van der Waals surface area contributed by atoms with Crippen molar-refractivity contribution in [3.8, 4) is 11.4 Å². The molecule has 56 heavy (non-hydrogen) atoms. The fraction of sp³-hybridized carbons (Fsp3) is 0.571. The lowest BCUT2D eigenvalue weighted by atomic mass is 9.85. The molecule has 2 N–H and O–H groups in total. The first-order valence-electron chi connectivity index (χ1n) is 19.4. The van der Waals surface area contributed by atoms with E-state index in [9.17, 15) is 24.0 Å². The number of pyridine rings is 2. The Morgan fingerprint density at radius 3 is 2.25 bits per heavy atom. The third-order valence-corrected chi connectivity index (χ3v) is 13.3. The Kier molecular flexibility index (Phi) is 11.6. The number of nitrogens with zero attached hydrogens (tertiary/aromatic N) is 2. The summed E-state index contributed by atoms with van der Waals surface area (Å²) in [6, 6.07) is 9.86. The summed E-state index contributed by atoms with van der Waals surface area (Å²) in [4.78, 5) is 72.4. The Morgan fingerprint density at radius 2 is 1.62 bits per heavy atom. The van der Waals surface area contributed by atoms with Gasteiger partial charge in [0.15, 0.2) is 0 Å². The van der Waals surface area contributed by atoms with Gasteiger partial charge in [-0.2, -0.15) is 0 Å². The maximum Gasteiger partial charge on any atom is 0.412 e. The highest BCUT2D eigenvalue weighted by molar-refractivity contribution is 6.78. The molecule has 2 atom stereocenters. The van der Waals surface area contributed by atoms with E-state index in [1.165, 1.54) is 0 Å². The van der Waals surface area contributed by atoms with Gasteiger partial charge < -0.3 is 28.8 Å². The second kappa shape index (κ2) is 15.3. The van der Waals surface area contributed by atoms with E-state index in [-0.39, 0.29) is 43.3 Å². The van der Waals surface area contributed by atoms with E-state index in [4.69, 9.17) is 23.9 Å². The number of benzene rings is 1. The van der Waals surface area contributed by atoms with Crippen molar-refractivity contribution in [1.82, 2.24) is 14.9 Å². The SMILES string of the molecule is CCC1(OC(=O)CCCNC(=O)OC(C)(C)C)C(=O)OC([Si](C)(C)CCC(C)(C)C)c2c1cc1n(c2=O)Cc2cc3cc(NC(=O)OC(C)(C)C)ccc3nc2-1. The van der Waals surface area contributed by atoms with Gasteiger partial charge in [-0.15, -0.1) is 0 Å². The fourth-order valence-electron chi connectivity index (χ4n) is 7.07. The lowest BCUT2D eigenvalue weighted by Crippen LogP contribution is -2.53. The maximum atomic E-state index is 14.9. The van der Waals surface area contributed by atoms with Gasteiger partial charge in [0.25, 0.3) is 5.56 Å². The standard InChI is InChI=1S/C42H58N4O9Si/c1-13-42(53-31(47)15-14-19-43-37(50)54-40(5,6)7)28-23-30-33-26(21-25-22-27(16-17-29(25)45-33)44-38(51)55-41(8,9)10)24-46(30)34(48)32(28)35(52-36(42)49)56(11,12)20-18-39(2,3)4/h16-17,21-23,35H,13-15,18-20,24H2,1-12H3,(H,43,50)(H,44,51). The number of alkyl carbamates (subject to hydrolysis) is 1. The normalized spacial score (nSPS) is 18.0. The van der Waals surface area contributed by atoms with Gasteiger partial charge in [-0.3, -0.25) is 14.9 Å². The quantitative estimate of drug-likeness (QED) is 0.0689. The zero-order valence-electron chi connectivity index (χ0n) is 35.0. The number of anilines is 1. The van der Waals surface area contributed by atoms with E-state index in [0.29, 0.717) is 33.7 Å². The molecule has 14 heteroatoms. The Labute approximate surface area is 330 Å². The molecule has 0 spiro atoms. The Bertz CT molecular complexity index is 2110. The van der Waals surface area contributed by atoms with Crippen molar-refractivity contribution in [1.29, 1.82) is 0 Å². The van der Waals surface area contributed by atoms with Gasteiger partial charge in [0.1, 0.15) is 25.0 Å². The highest BCUT2D eigenvalue weighted by Crippen LogP contribution is 2.48. The predicted octanol–water partition coefficient (Wildman–Crippen LogP) is 8.51. The largest absolute Gasteiger partial charge is 0.458 e. The van der Waals surface area contributed by atoms with Crippen molar-refractivity contribution in [3.05, 3.63) is 57.4 Å². The Balaban J connectivity index is 1.54. The second-order valence-electron chi connectivity index (χ2n) is 18.8. The number of nitrogens with one attached hydrogen (secondary N) is 2. The van der Waals surface area contributed by atoms with E-state index in [0.717, 1.165) is 23.4 Å². The second-order valence-corrected chi connectivity index (χ2v) is 23.8. The van der Waals surface area contributed by atoms with E-state index in [1.54, 1.807) is 77.3 Å².